The molecule has 0 spiro atoms. The van der Waals surface area contributed by atoms with Crippen LogP contribution in [0.3, 0.4) is 0 Å². The summed E-state index contributed by atoms with van der Waals surface area (Å²) >= 11 is 3.00. The van der Waals surface area contributed by atoms with Gasteiger partial charge in [0.05, 0.1) is 12.0 Å². The summed E-state index contributed by atoms with van der Waals surface area (Å²) in [5.74, 6) is -0.312. The lowest BCUT2D eigenvalue weighted by molar-refractivity contribution is -0.158. The van der Waals surface area contributed by atoms with Crippen LogP contribution in [-0.4, -0.2) is 47.7 Å². The SMILES string of the molecule is CCOC(=O)[C@@]1(Cc2ccccc2C)CCCN(C(=O)c2csc(SC)n2)C1. The molecule has 1 fully saturated rings. The Hall–Kier alpha value is -1.86. The van der Waals surface area contributed by atoms with Crippen molar-refractivity contribution in [2.75, 3.05) is 26.0 Å². The molecule has 1 aromatic heterocycles. The van der Waals surface area contributed by atoms with Gasteiger partial charge in [-0.25, -0.2) is 4.98 Å². The number of rotatable bonds is 6. The molecule has 2 aromatic rings. The predicted octanol–water partition coefficient (Wildman–Crippen LogP) is 4.20. The Kier molecular flexibility index (Phi) is 6.78. The van der Waals surface area contributed by atoms with Crippen LogP contribution in [0.25, 0.3) is 0 Å². The second-order valence-corrected chi connectivity index (χ2v) is 9.05. The number of esters is 1. The van der Waals surface area contributed by atoms with Crippen LogP contribution >= 0.6 is 23.1 Å². The monoisotopic (exact) mass is 418 g/mol. The molecule has 1 atom stereocenters. The van der Waals surface area contributed by atoms with Gasteiger partial charge in [-0.15, -0.1) is 11.3 Å². The number of carbonyl (C=O) groups is 2. The fourth-order valence-electron chi connectivity index (χ4n) is 3.76. The van der Waals surface area contributed by atoms with E-state index in [-0.39, 0.29) is 11.9 Å². The largest absolute Gasteiger partial charge is 0.466 e. The maximum absolute atomic E-state index is 13.0. The molecule has 0 saturated carbocycles. The van der Waals surface area contributed by atoms with E-state index in [4.69, 9.17) is 4.74 Å². The molecule has 0 unspecified atom stereocenters. The molecule has 0 radical (unpaired) electrons. The van der Waals surface area contributed by atoms with E-state index in [2.05, 4.69) is 24.0 Å². The van der Waals surface area contributed by atoms with Crippen LogP contribution in [0.15, 0.2) is 34.0 Å². The van der Waals surface area contributed by atoms with Crippen LogP contribution in [0.5, 0.6) is 0 Å². The van der Waals surface area contributed by atoms with Crippen LogP contribution in [0, 0.1) is 12.3 Å². The van der Waals surface area contributed by atoms with Gasteiger partial charge in [0.2, 0.25) is 0 Å². The van der Waals surface area contributed by atoms with Crippen LogP contribution in [0.2, 0.25) is 0 Å². The number of aryl methyl sites for hydroxylation is 1. The molecular formula is C21H26N2O3S2. The number of nitrogens with zero attached hydrogens (tertiary/aromatic N) is 2. The average molecular weight is 419 g/mol. The zero-order valence-electron chi connectivity index (χ0n) is 16.6. The van der Waals surface area contributed by atoms with E-state index in [0.717, 1.165) is 28.3 Å². The second kappa shape index (κ2) is 9.09. The summed E-state index contributed by atoms with van der Waals surface area (Å²) in [5, 5.41) is 1.80. The molecule has 1 aliphatic rings. The topological polar surface area (TPSA) is 59.5 Å². The molecule has 3 rings (SSSR count). The van der Waals surface area contributed by atoms with E-state index < -0.39 is 5.41 Å². The number of hydrogen-bond donors (Lipinski definition) is 0. The molecule has 2 heterocycles. The lowest BCUT2D eigenvalue weighted by atomic mass is 9.74. The third-order valence-electron chi connectivity index (χ3n) is 5.24. The summed E-state index contributed by atoms with van der Waals surface area (Å²) in [7, 11) is 0. The van der Waals surface area contributed by atoms with Crippen LogP contribution < -0.4 is 0 Å². The lowest BCUT2D eigenvalue weighted by Gasteiger charge is -2.41. The van der Waals surface area contributed by atoms with Gasteiger partial charge < -0.3 is 9.64 Å². The zero-order chi connectivity index (χ0) is 20.1. The summed E-state index contributed by atoms with van der Waals surface area (Å²) in [6, 6.07) is 8.10. The molecule has 1 amide bonds. The smallest absolute Gasteiger partial charge is 0.314 e. The minimum absolute atomic E-state index is 0.102. The van der Waals surface area contributed by atoms with Crippen molar-refractivity contribution in [3.8, 4) is 0 Å². The summed E-state index contributed by atoms with van der Waals surface area (Å²) in [6.07, 6.45) is 4.02. The first-order valence-electron chi connectivity index (χ1n) is 9.49. The van der Waals surface area contributed by atoms with E-state index in [9.17, 15) is 9.59 Å². The van der Waals surface area contributed by atoms with E-state index in [1.807, 2.05) is 25.3 Å². The molecule has 1 saturated heterocycles. The zero-order valence-corrected chi connectivity index (χ0v) is 18.2. The standard InChI is InChI=1S/C21H26N2O3S2/c1-4-26-19(25)21(12-16-9-6-5-8-15(16)2)10-7-11-23(14-21)18(24)17-13-28-20(22-17)27-3/h5-6,8-9,13H,4,7,10-12,14H2,1-3H3/t21-/m1/s1. The fraction of sp³-hybridized carbons (Fsp3) is 0.476. The number of ether oxygens (including phenoxy) is 1. The molecule has 5 nitrogen and oxygen atoms in total. The van der Waals surface area contributed by atoms with Crippen molar-refractivity contribution < 1.29 is 14.3 Å². The number of aromatic nitrogens is 1. The van der Waals surface area contributed by atoms with E-state index in [0.29, 0.717) is 31.8 Å². The molecule has 150 valence electrons. The predicted molar refractivity (Wildman–Crippen MR) is 113 cm³/mol. The van der Waals surface area contributed by atoms with Gasteiger partial charge in [0, 0.05) is 18.5 Å². The summed E-state index contributed by atoms with van der Waals surface area (Å²) in [6.45, 7) is 5.22. The van der Waals surface area contributed by atoms with Crippen LogP contribution in [-0.2, 0) is 16.0 Å². The van der Waals surface area contributed by atoms with Gasteiger partial charge >= 0.3 is 5.97 Å². The first-order valence-corrected chi connectivity index (χ1v) is 11.6. The Balaban J connectivity index is 1.87. The van der Waals surface area contributed by atoms with Crippen molar-refractivity contribution in [2.24, 2.45) is 5.41 Å². The maximum Gasteiger partial charge on any atom is 0.314 e. The number of thioether (sulfide) groups is 1. The molecule has 1 aromatic carbocycles. The number of piperidine rings is 1. The highest BCUT2D eigenvalue weighted by molar-refractivity contribution is 8.00. The Morgan fingerprint density at radius 3 is 2.82 bits per heavy atom. The van der Waals surface area contributed by atoms with Crippen LogP contribution in [0.4, 0.5) is 0 Å². The highest BCUT2D eigenvalue weighted by atomic mass is 32.2. The van der Waals surface area contributed by atoms with E-state index >= 15 is 0 Å². The van der Waals surface area contributed by atoms with Crippen molar-refractivity contribution in [1.82, 2.24) is 9.88 Å². The van der Waals surface area contributed by atoms with E-state index in [1.165, 1.54) is 23.1 Å². The highest BCUT2D eigenvalue weighted by Crippen LogP contribution is 2.37. The second-order valence-electron chi connectivity index (χ2n) is 7.14. The number of amides is 1. The Labute approximate surface area is 174 Å². The first kappa shape index (κ1) is 20.9. The molecule has 7 heteroatoms. The fourth-order valence-corrected chi connectivity index (χ4v) is 4.99. The van der Waals surface area contributed by atoms with E-state index in [1.54, 1.807) is 10.3 Å². The molecule has 28 heavy (non-hydrogen) atoms. The van der Waals surface area contributed by atoms with Crippen LogP contribution in [0.1, 0.15) is 41.4 Å². The van der Waals surface area contributed by atoms with Gasteiger partial charge in [-0.2, -0.15) is 0 Å². The molecule has 0 N–H and O–H groups in total. The van der Waals surface area contributed by atoms with Gasteiger partial charge in [-0.3, -0.25) is 9.59 Å². The minimum atomic E-state index is -0.714. The van der Waals surface area contributed by atoms with Gasteiger partial charge in [0.1, 0.15) is 10.0 Å². The summed E-state index contributed by atoms with van der Waals surface area (Å²) in [4.78, 5) is 32.2. The lowest BCUT2D eigenvalue weighted by Crippen LogP contribution is -2.51. The van der Waals surface area contributed by atoms with Gasteiger partial charge in [0.15, 0.2) is 0 Å². The third-order valence-corrected chi connectivity index (χ3v) is 7.10. The molecule has 0 aliphatic carbocycles. The van der Waals surface area contributed by atoms with Crippen molar-refractivity contribution in [3.05, 3.63) is 46.5 Å². The maximum atomic E-state index is 13.0. The quantitative estimate of drug-likeness (QED) is 0.520. The first-order chi connectivity index (χ1) is 13.5. The third kappa shape index (κ3) is 4.41. The van der Waals surface area contributed by atoms with Gasteiger partial charge in [0.25, 0.3) is 5.91 Å². The molecule has 0 bridgehead atoms. The van der Waals surface area contributed by atoms with Crippen molar-refractivity contribution in [2.45, 2.75) is 37.4 Å². The number of thiazole rings is 1. The number of hydrogen-bond acceptors (Lipinski definition) is 6. The number of carbonyl (C=O) groups excluding carboxylic acids is 2. The van der Waals surface area contributed by atoms with Crippen molar-refractivity contribution in [1.29, 1.82) is 0 Å². The number of benzene rings is 1. The normalized spacial score (nSPS) is 19.5. The van der Waals surface area contributed by atoms with Gasteiger partial charge in [-0.05, 0) is 50.5 Å². The molecule has 1 aliphatic heterocycles. The summed E-state index contributed by atoms with van der Waals surface area (Å²) < 4.78 is 6.33. The summed E-state index contributed by atoms with van der Waals surface area (Å²) in [5.41, 5.74) is 2.03. The molecular weight excluding hydrogens is 392 g/mol. The Morgan fingerprint density at radius 1 is 1.36 bits per heavy atom. The Bertz CT molecular complexity index is 852. The highest BCUT2D eigenvalue weighted by Gasteiger charge is 2.45. The Morgan fingerprint density at radius 2 is 2.14 bits per heavy atom. The van der Waals surface area contributed by atoms with Gasteiger partial charge in [-0.1, -0.05) is 36.0 Å². The average Bonchev–Trinajstić information content (AvgIpc) is 3.19. The van der Waals surface area contributed by atoms with Crippen molar-refractivity contribution in [3.63, 3.8) is 0 Å². The van der Waals surface area contributed by atoms with Crippen molar-refractivity contribution >= 4 is 35.0 Å². The minimum Gasteiger partial charge on any atom is -0.466 e. The number of likely N-dealkylation sites (tertiary alicyclic amines) is 1.